The zero-order chi connectivity index (χ0) is 20.8. The van der Waals surface area contributed by atoms with Gasteiger partial charge in [-0.3, -0.25) is 14.6 Å². The lowest BCUT2D eigenvalue weighted by Crippen LogP contribution is -2.33. The third kappa shape index (κ3) is 9.35. The highest BCUT2D eigenvalue weighted by Crippen LogP contribution is 2.19. The number of nitrogens with zero attached hydrogens (tertiary/aromatic N) is 2. The molecule has 6 heteroatoms. The summed E-state index contributed by atoms with van der Waals surface area (Å²) in [4.78, 5) is 23.1. The zero-order valence-electron chi connectivity index (χ0n) is 17.6. The van der Waals surface area contributed by atoms with E-state index in [1.54, 1.807) is 18.1 Å². The van der Waals surface area contributed by atoms with Gasteiger partial charge in [-0.15, -0.1) is 0 Å². The highest BCUT2D eigenvalue weighted by molar-refractivity contribution is 6.09. The average Bonchev–Trinajstić information content (AvgIpc) is 2.97. The van der Waals surface area contributed by atoms with Gasteiger partial charge in [-0.2, -0.15) is 5.10 Å². The fourth-order valence-electron chi connectivity index (χ4n) is 2.83. The minimum Gasteiger partial charge on any atom is -0.392 e. The molecule has 154 valence electrons. The average molecular weight is 387 g/mol. The molecule has 1 aliphatic carbocycles. The highest BCUT2D eigenvalue weighted by atomic mass is 16.2. The van der Waals surface area contributed by atoms with E-state index in [0.29, 0.717) is 6.42 Å². The molecule has 0 radical (unpaired) electrons. The summed E-state index contributed by atoms with van der Waals surface area (Å²) in [7, 11) is 3.64. The van der Waals surface area contributed by atoms with Gasteiger partial charge in [0.2, 0.25) is 5.91 Å². The first kappa shape index (κ1) is 23.4. The Kier molecular flexibility index (Phi) is 11.3. The van der Waals surface area contributed by atoms with E-state index in [-0.39, 0.29) is 12.5 Å². The second-order valence-corrected chi connectivity index (χ2v) is 6.83. The fraction of sp³-hybridized carbons (Fsp3) is 0.500. The Morgan fingerprint density at radius 1 is 1.32 bits per heavy atom. The van der Waals surface area contributed by atoms with E-state index in [1.807, 2.05) is 33.0 Å². The van der Waals surface area contributed by atoms with Crippen molar-refractivity contribution in [3.8, 4) is 0 Å². The van der Waals surface area contributed by atoms with Crippen LogP contribution in [0, 0.1) is 0 Å². The van der Waals surface area contributed by atoms with Crippen LogP contribution in [0.15, 0.2) is 52.4 Å². The van der Waals surface area contributed by atoms with Crippen molar-refractivity contribution < 1.29 is 9.59 Å². The number of hydrogen-bond donors (Lipinski definition) is 2. The number of carbonyl (C=O) groups excluding carboxylic acids is 2. The molecule has 1 amide bonds. The van der Waals surface area contributed by atoms with Crippen molar-refractivity contribution >= 4 is 17.9 Å². The van der Waals surface area contributed by atoms with Crippen LogP contribution >= 0.6 is 0 Å². The van der Waals surface area contributed by atoms with Gasteiger partial charge in [0.15, 0.2) is 0 Å². The molecule has 0 spiro atoms. The number of amides is 1. The first-order valence-electron chi connectivity index (χ1n) is 9.90. The number of allylic oxidation sites excluding steroid dienone is 7. The maximum absolute atomic E-state index is 12.4. The van der Waals surface area contributed by atoms with Crippen LogP contribution in [0.5, 0.6) is 0 Å². The fourth-order valence-corrected chi connectivity index (χ4v) is 2.83. The first-order chi connectivity index (χ1) is 13.5. The Bertz CT molecular complexity index is 672. The second kappa shape index (κ2) is 13.5. The topological polar surface area (TPSA) is 73.8 Å². The van der Waals surface area contributed by atoms with Crippen LogP contribution in [0.25, 0.3) is 0 Å². The first-order valence-corrected chi connectivity index (χ1v) is 9.90. The standard InChI is InChI=1S/C22H34N4O2/c1-5-20(15-14-18(2)23-3)24-22(28)17-26(4)25-21(13-10-16-27)19-11-8-6-7-9-12-19/h5,10-11,13-14,16,23H,6-9,12,15,17H2,1-4H3,(H,24,28)/b13-10-,18-14-,20-5+,25-21+. The van der Waals surface area contributed by atoms with Crippen molar-refractivity contribution in [3.63, 3.8) is 0 Å². The van der Waals surface area contributed by atoms with Gasteiger partial charge in [-0.05, 0) is 57.3 Å². The Labute approximate surface area is 169 Å². The lowest BCUT2D eigenvalue weighted by Gasteiger charge is -2.16. The third-order valence-corrected chi connectivity index (χ3v) is 4.52. The lowest BCUT2D eigenvalue weighted by molar-refractivity contribution is -0.121. The summed E-state index contributed by atoms with van der Waals surface area (Å²) in [6.07, 6.45) is 16.2. The van der Waals surface area contributed by atoms with E-state index in [2.05, 4.69) is 21.8 Å². The highest BCUT2D eigenvalue weighted by Gasteiger charge is 2.11. The molecule has 1 rings (SSSR count). The molecule has 0 unspecified atom stereocenters. The van der Waals surface area contributed by atoms with Gasteiger partial charge in [-0.1, -0.05) is 24.6 Å². The molecule has 0 bridgehead atoms. The monoisotopic (exact) mass is 386 g/mol. The van der Waals surface area contributed by atoms with Crippen molar-refractivity contribution in [2.45, 2.75) is 52.4 Å². The molecule has 1 aliphatic rings. The van der Waals surface area contributed by atoms with E-state index in [1.165, 1.54) is 18.9 Å². The number of aldehydes is 1. The number of hydrazone groups is 1. The molecule has 0 saturated carbocycles. The van der Waals surface area contributed by atoms with Gasteiger partial charge < -0.3 is 10.6 Å². The molecule has 0 atom stereocenters. The molecule has 28 heavy (non-hydrogen) atoms. The van der Waals surface area contributed by atoms with E-state index in [0.717, 1.165) is 48.2 Å². The molecule has 0 heterocycles. The SMILES string of the molecule is C/C=C(\C/C=C(/C)NC)NC(=O)CN(C)/N=C(\C=C/C=O)C1=CCCCCC1. The number of likely N-dealkylation sites (N-methyl/N-ethyl adjacent to an activating group) is 1. The Hall–Kier alpha value is -2.63. The Balaban J connectivity index is 2.76. The molecule has 0 aromatic rings. The minimum absolute atomic E-state index is 0.122. The summed E-state index contributed by atoms with van der Waals surface area (Å²) < 4.78 is 0. The summed E-state index contributed by atoms with van der Waals surface area (Å²) >= 11 is 0. The van der Waals surface area contributed by atoms with Gasteiger partial charge in [0, 0.05) is 31.9 Å². The predicted octanol–water partition coefficient (Wildman–Crippen LogP) is 3.45. The predicted molar refractivity (Wildman–Crippen MR) is 116 cm³/mol. The van der Waals surface area contributed by atoms with Crippen LogP contribution in [-0.2, 0) is 9.59 Å². The summed E-state index contributed by atoms with van der Waals surface area (Å²) in [5, 5.41) is 12.2. The van der Waals surface area contributed by atoms with Crippen molar-refractivity contribution in [1.29, 1.82) is 0 Å². The normalized spacial score (nSPS) is 16.4. The minimum atomic E-state index is -0.122. The summed E-state index contributed by atoms with van der Waals surface area (Å²) in [6.45, 7) is 4.02. The number of rotatable bonds is 10. The number of nitrogens with one attached hydrogen (secondary N) is 2. The van der Waals surface area contributed by atoms with E-state index < -0.39 is 0 Å². The molecule has 0 aromatic heterocycles. The molecule has 0 aromatic carbocycles. The van der Waals surface area contributed by atoms with Gasteiger partial charge in [0.1, 0.15) is 12.8 Å². The molecule has 0 aliphatic heterocycles. The van der Waals surface area contributed by atoms with E-state index >= 15 is 0 Å². The smallest absolute Gasteiger partial charge is 0.245 e. The molecule has 6 nitrogen and oxygen atoms in total. The molecular formula is C22H34N4O2. The van der Waals surface area contributed by atoms with Gasteiger partial charge >= 0.3 is 0 Å². The Morgan fingerprint density at radius 2 is 2.11 bits per heavy atom. The third-order valence-electron chi connectivity index (χ3n) is 4.52. The van der Waals surface area contributed by atoms with Crippen LogP contribution in [-0.4, -0.2) is 43.6 Å². The van der Waals surface area contributed by atoms with Crippen molar-refractivity contribution in [1.82, 2.24) is 15.6 Å². The van der Waals surface area contributed by atoms with Crippen molar-refractivity contribution in [2.75, 3.05) is 20.6 Å². The number of carbonyl (C=O) groups is 2. The van der Waals surface area contributed by atoms with E-state index in [4.69, 9.17) is 0 Å². The zero-order valence-corrected chi connectivity index (χ0v) is 17.6. The molecule has 0 saturated heterocycles. The molecule has 0 fully saturated rings. The lowest BCUT2D eigenvalue weighted by atomic mass is 10.0. The van der Waals surface area contributed by atoms with Crippen LogP contribution in [0.3, 0.4) is 0 Å². The van der Waals surface area contributed by atoms with Crippen LogP contribution < -0.4 is 10.6 Å². The van der Waals surface area contributed by atoms with E-state index in [9.17, 15) is 9.59 Å². The summed E-state index contributed by atoms with van der Waals surface area (Å²) in [6, 6.07) is 0. The van der Waals surface area contributed by atoms with Crippen LogP contribution in [0.1, 0.15) is 52.4 Å². The second-order valence-electron chi connectivity index (χ2n) is 6.83. The molecule has 2 N–H and O–H groups in total. The van der Waals surface area contributed by atoms with Gasteiger partial charge in [0.25, 0.3) is 0 Å². The maximum atomic E-state index is 12.4. The van der Waals surface area contributed by atoms with Crippen molar-refractivity contribution in [2.24, 2.45) is 5.10 Å². The largest absolute Gasteiger partial charge is 0.392 e. The summed E-state index contributed by atoms with van der Waals surface area (Å²) in [5.74, 6) is -0.122. The van der Waals surface area contributed by atoms with Gasteiger partial charge in [-0.25, -0.2) is 0 Å². The Morgan fingerprint density at radius 3 is 2.79 bits per heavy atom. The van der Waals surface area contributed by atoms with Gasteiger partial charge in [0.05, 0.1) is 5.71 Å². The summed E-state index contributed by atoms with van der Waals surface area (Å²) in [5.41, 5.74) is 3.80. The van der Waals surface area contributed by atoms with Crippen molar-refractivity contribution in [3.05, 3.63) is 47.3 Å². The quantitative estimate of drug-likeness (QED) is 0.261. The molecular weight excluding hydrogens is 352 g/mol. The van der Waals surface area contributed by atoms with Crippen LogP contribution in [0.2, 0.25) is 0 Å². The van der Waals surface area contributed by atoms with Crippen LogP contribution in [0.4, 0.5) is 0 Å². The number of hydrogen-bond acceptors (Lipinski definition) is 5. The maximum Gasteiger partial charge on any atom is 0.245 e.